The number of rotatable bonds is 16. The summed E-state index contributed by atoms with van der Waals surface area (Å²) in [6.45, 7) is 9.22. The number of aromatic nitrogens is 1. The van der Waals surface area contributed by atoms with Gasteiger partial charge >= 0.3 is 0 Å². The Labute approximate surface area is 221 Å². The minimum absolute atomic E-state index is 0.0864. The number of ether oxygens (including phenoxy) is 3. The second-order valence-electron chi connectivity index (χ2n) is 10.4. The first-order valence-electron chi connectivity index (χ1n) is 13.0. The van der Waals surface area contributed by atoms with Crippen molar-refractivity contribution >= 4 is 5.91 Å². The van der Waals surface area contributed by atoms with Gasteiger partial charge < -0.3 is 30.4 Å². The number of hydrogen-bond acceptors (Lipinski definition) is 7. The minimum Gasteiger partial charge on any atom is -0.493 e. The van der Waals surface area contributed by atoms with Crippen molar-refractivity contribution in [3.8, 4) is 11.5 Å². The van der Waals surface area contributed by atoms with E-state index in [0.717, 1.165) is 18.4 Å². The number of carbonyl (C=O) groups excluding carboxylic acids is 1. The predicted octanol–water partition coefficient (Wildman–Crippen LogP) is 3.49. The lowest BCUT2D eigenvalue weighted by Gasteiger charge is -2.29. The highest BCUT2D eigenvalue weighted by atomic mass is 16.5. The van der Waals surface area contributed by atoms with E-state index in [-0.39, 0.29) is 18.4 Å². The molecular weight excluding hydrogens is 470 g/mol. The van der Waals surface area contributed by atoms with Crippen LogP contribution >= 0.6 is 0 Å². The lowest BCUT2D eigenvalue weighted by Crippen LogP contribution is -2.48. The van der Waals surface area contributed by atoms with Gasteiger partial charge in [0.25, 0.3) is 0 Å². The number of aliphatic hydroxyl groups excluding tert-OH is 1. The van der Waals surface area contributed by atoms with E-state index in [1.54, 1.807) is 20.4 Å². The van der Waals surface area contributed by atoms with E-state index in [1.165, 1.54) is 0 Å². The van der Waals surface area contributed by atoms with E-state index < -0.39 is 17.6 Å². The van der Waals surface area contributed by atoms with Crippen LogP contribution in [-0.4, -0.2) is 62.1 Å². The van der Waals surface area contributed by atoms with E-state index >= 15 is 0 Å². The van der Waals surface area contributed by atoms with Crippen LogP contribution in [0.3, 0.4) is 0 Å². The van der Waals surface area contributed by atoms with Crippen LogP contribution in [0.25, 0.3) is 0 Å². The van der Waals surface area contributed by atoms with Crippen molar-refractivity contribution in [3.05, 3.63) is 53.9 Å². The molecule has 206 valence electrons. The molecule has 4 N–H and O–H groups in total. The lowest BCUT2D eigenvalue weighted by molar-refractivity contribution is -0.126. The largest absolute Gasteiger partial charge is 0.493 e. The SMILES string of the molecule is COCCCOc1cc(C[C@@H](C[C@H](N)[C@@H](O)CNC(=O)C(C)(C)c2ccccn2)C(C)C)ccc1OC. The Morgan fingerprint density at radius 3 is 2.51 bits per heavy atom. The molecule has 0 aliphatic carbocycles. The highest BCUT2D eigenvalue weighted by Gasteiger charge is 2.32. The molecule has 8 heteroatoms. The second kappa shape index (κ2) is 14.9. The molecule has 0 saturated heterocycles. The second-order valence-corrected chi connectivity index (χ2v) is 10.4. The molecular formula is C29H45N3O5. The van der Waals surface area contributed by atoms with Gasteiger partial charge in [0.1, 0.15) is 0 Å². The van der Waals surface area contributed by atoms with Crippen molar-refractivity contribution < 1.29 is 24.1 Å². The van der Waals surface area contributed by atoms with Gasteiger partial charge in [0.05, 0.1) is 30.9 Å². The summed E-state index contributed by atoms with van der Waals surface area (Å²) in [6.07, 6.45) is 3.01. The van der Waals surface area contributed by atoms with E-state index in [9.17, 15) is 9.90 Å². The van der Waals surface area contributed by atoms with E-state index in [0.29, 0.717) is 42.7 Å². The van der Waals surface area contributed by atoms with Crippen molar-refractivity contribution in [1.29, 1.82) is 0 Å². The zero-order valence-corrected chi connectivity index (χ0v) is 23.2. The molecule has 1 heterocycles. The average Bonchev–Trinajstić information content (AvgIpc) is 2.89. The number of hydrogen-bond donors (Lipinski definition) is 3. The van der Waals surface area contributed by atoms with Gasteiger partial charge in [-0.15, -0.1) is 0 Å². The maximum atomic E-state index is 12.8. The van der Waals surface area contributed by atoms with Gasteiger partial charge in [0.15, 0.2) is 11.5 Å². The Morgan fingerprint density at radius 2 is 1.89 bits per heavy atom. The van der Waals surface area contributed by atoms with Gasteiger partial charge in [-0.1, -0.05) is 26.0 Å². The third-order valence-electron chi connectivity index (χ3n) is 6.83. The zero-order valence-electron chi connectivity index (χ0n) is 23.2. The number of pyridine rings is 1. The van der Waals surface area contributed by atoms with Gasteiger partial charge in [-0.2, -0.15) is 0 Å². The summed E-state index contributed by atoms with van der Waals surface area (Å²) in [7, 11) is 3.30. The standard InChI is InChI=1S/C29H45N3O5/c1-20(2)22(16-21-11-12-25(36-6)26(17-21)37-15-9-14-35-5)18-23(30)24(33)19-32-28(34)29(3,4)27-10-7-8-13-31-27/h7-8,10-13,17,20,22-24,33H,9,14-16,18-19,30H2,1-6H3,(H,32,34)/t22-,23-,24-/m0/s1. The van der Waals surface area contributed by atoms with Crippen molar-refractivity contribution in [2.45, 2.75) is 64.5 Å². The molecule has 3 atom stereocenters. The van der Waals surface area contributed by atoms with E-state index in [4.69, 9.17) is 19.9 Å². The molecule has 1 aromatic heterocycles. The van der Waals surface area contributed by atoms with Crippen molar-refractivity contribution in [2.75, 3.05) is 34.0 Å². The fourth-order valence-corrected chi connectivity index (χ4v) is 4.17. The Bertz CT molecular complexity index is 952. The van der Waals surface area contributed by atoms with Crippen LogP contribution in [0, 0.1) is 11.8 Å². The highest BCUT2D eigenvalue weighted by Crippen LogP contribution is 2.31. The number of nitrogens with one attached hydrogen (secondary N) is 1. The first-order chi connectivity index (χ1) is 17.6. The maximum Gasteiger partial charge on any atom is 0.231 e. The average molecular weight is 516 g/mol. The number of benzene rings is 1. The van der Waals surface area contributed by atoms with Gasteiger partial charge in [0, 0.05) is 38.9 Å². The first-order valence-corrected chi connectivity index (χ1v) is 13.0. The summed E-state index contributed by atoms with van der Waals surface area (Å²) in [5, 5.41) is 13.6. The summed E-state index contributed by atoms with van der Waals surface area (Å²) < 4.78 is 16.5. The van der Waals surface area contributed by atoms with Crippen LogP contribution < -0.4 is 20.5 Å². The Hall–Kier alpha value is -2.68. The molecule has 2 aromatic rings. The predicted molar refractivity (Wildman–Crippen MR) is 146 cm³/mol. The molecule has 0 saturated carbocycles. The van der Waals surface area contributed by atoms with Crippen LogP contribution in [0.2, 0.25) is 0 Å². The molecule has 1 amide bonds. The summed E-state index contributed by atoms with van der Waals surface area (Å²) in [5.41, 5.74) is 7.39. The number of aliphatic hydroxyl groups is 1. The monoisotopic (exact) mass is 515 g/mol. The number of nitrogens with two attached hydrogens (primary N) is 1. The smallest absolute Gasteiger partial charge is 0.231 e. The fraction of sp³-hybridized carbons (Fsp3) is 0.586. The highest BCUT2D eigenvalue weighted by molar-refractivity contribution is 5.86. The van der Waals surface area contributed by atoms with Crippen LogP contribution in [-0.2, 0) is 21.4 Å². The van der Waals surface area contributed by atoms with Crippen molar-refractivity contribution in [3.63, 3.8) is 0 Å². The Kier molecular flexibility index (Phi) is 12.3. The molecule has 0 aliphatic heterocycles. The third-order valence-corrected chi connectivity index (χ3v) is 6.83. The van der Waals surface area contributed by atoms with Gasteiger partial charge in [-0.25, -0.2) is 0 Å². The summed E-state index contributed by atoms with van der Waals surface area (Å²) in [4.78, 5) is 17.1. The fourth-order valence-electron chi connectivity index (χ4n) is 4.17. The molecule has 0 radical (unpaired) electrons. The van der Waals surface area contributed by atoms with Crippen LogP contribution in [0.4, 0.5) is 0 Å². The third kappa shape index (κ3) is 9.29. The van der Waals surface area contributed by atoms with Crippen LogP contribution in [0.1, 0.15) is 51.8 Å². The van der Waals surface area contributed by atoms with Gasteiger partial charge in [0.2, 0.25) is 5.91 Å². The summed E-state index contributed by atoms with van der Waals surface area (Å²) in [5.74, 6) is 1.79. The molecule has 0 spiro atoms. The van der Waals surface area contributed by atoms with Crippen molar-refractivity contribution in [2.24, 2.45) is 17.6 Å². The first kappa shape index (κ1) is 30.5. The molecule has 0 aliphatic rings. The molecule has 37 heavy (non-hydrogen) atoms. The molecule has 8 nitrogen and oxygen atoms in total. The maximum absolute atomic E-state index is 12.8. The molecule has 0 fully saturated rings. The molecule has 1 aromatic carbocycles. The van der Waals surface area contributed by atoms with Crippen LogP contribution in [0.5, 0.6) is 11.5 Å². The van der Waals surface area contributed by atoms with Crippen molar-refractivity contribution in [1.82, 2.24) is 10.3 Å². The molecule has 0 bridgehead atoms. The number of nitrogens with zero attached hydrogens (tertiary/aromatic N) is 1. The molecule has 0 unspecified atom stereocenters. The summed E-state index contributed by atoms with van der Waals surface area (Å²) >= 11 is 0. The van der Waals surface area contributed by atoms with Gasteiger partial charge in [-0.3, -0.25) is 9.78 Å². The zero-order chi connectivity index (χ0) is 27.4. The van der Waals surface area contributed by atoms with Crippen LogP contribution in [0.15, 0.2) is 42.6 Å². The topological polar surface area (TPSA) is 116 Å². The Morgan fingerprint density at radius 1 is 1.14 bits per heavy atom. The Balaban J connectivity index is 1.97. The number of methoxy groups -OCH3 is 2. The normalized spacial score (nSPS) is 14.2. The number of amides is 1. The lowest BCUT2D eigenvalue weighted by atomic mass is 9.83. The van der Waals surface area contributed by atoms with E-state index in [1.807, 2.05) is 50.2 Å². The quantitative estimate of drug-likeness (QED) is 0.293. The number of carbonyl (C=O) groups is 1. The minimum atomic E-state index is -0.861. The summed E-state index contributed by atoms with van der Waals surface area (Å²) in [6, 6.07) is 11.0. The van der Waals surface area contributed by atoms with E-state index in [2.05, 4.69) is 24.1 Å². The van der Waals surface area contributed by atoms with Gasteiger partial charge in [-0.05, 0) is 68.4 Å². The molecule has 2 rings (SSSR count).